The monoisotopic (exact) mass is 478 g/mol. The van der Waals surface area contributed by atoms with E-state index in [0.29, 0.717) is 18.0 Å². The fourth-order valence-electron chi connectivity index (χ4n) is 4.15. The molecule has 178 valence electrons. The van der Waals surface area contributed by atoms with Gasteiger partial charge in [-0.1, -0.05) is 56.3 Å². The van der Waals surface area contributed by atoms with Crippen LogP contribution < -0.4 is 14.4 Å². The van der Waals surface area contributed by atoms with Crippen molar-refractivity contribution < 1.29 is 17.9 Å². The van der Waals surface area contributed by atoms with Gasteiger partial charge in [-0.2, -0.15) is 0 Å². The summed E-state index contributed by atoms with van der Waals surface area (Å²) in [5, 5.41) is 2.96. The summed E-state index contributed by atoms with van der Waals surface area (Å²) in [6, 6.07) is 19.9. The molecule has 0 radical (unpaired) electrons. The third kappa shape index (κ3) is 4.80. The van der Waals surface area contributed by atoms with Gasteiger partial charge in [0.05, 0.1) is 17.1 Å². The predicted molar refractivity (Wildman–Crippen MR) is 134 cm³/mol. The molecule has 1 unspecified atom stereocenters. The summed E-state index contributed by atoms with van der Waals surface area (Å²) in [4.78, 5) is 13.3. The van der Waals surface area contributed by atoms with E-state index in [1.54, 1.807) is 42.5 Å². The summed E-state index contributed by atoms with van der Waals surface area (Å²) in [6.07, 6.45) is 0.817. The molecule has 3 aromatic rings. The Bertz CT molecular complexity index is 1290. The van der Waals surface area contributed by atoms with Crippen molar-refractivity contribution >= 4 is 21.6 Å². The Labute approximate surface area is 201 Å². The molecule has 0 saturated heterocycles. The van der Waals surface area contributed by atoms with E-state index in [1.165, 1.54) is 15.4 Å². The minimum atomic E-state index is -3.87. The summed E-state index contributed by atoms with van der Waals surface area (Å²) < 4.78 is 34.3. The number of aryl methyl sites for hydroxylation is 3. The summed E-state index contributed by atoms with van der Waals surface area (Å²) in [7, 11) is -3.87. The minimum absolute atomic E-state index is 0.102. The lowest BCUT2D eigenvalue weighted by molar-refractivity contribution is -0.127. The van der Waals surface area contributed by atoms with Gasteiger partial charge in [0.15, 0.2) is 6.10 Å². The van der Waals surface area contributed by atoms with Crippen molar-refractivity contribution in [1.29, 1.82) is 0 Å². The average molecular weight is 479 g/mol. The molecule has 34 heavy (non-hydrogen) atoms. The van der Waals surface area contributed by atoms with E-state index in [4.69, 9.17) is 4.74 Å². The largest absolute Gasteiger partial charge is 0.476 e. The number of nitrogens with zero attached hydrogens (tertiary/aromatic N) is 1. The molecule has 1 atom stereocenters. The Morgan fingerprint density at radius 3 is 2.47 bits per heavy atom. The van der Waals surface area contributed by atoms with Crippen LogP contribution >= 0.6 is 0 Å². The van der Waals surface area contributed by atoms with E-state index >= 15 is 0 Å². The van der Waals surface area contributed by atoms with Crippen molar-refractivity contribution in [1.82, 2.24) is 5.32 Å². The number of nitrogens with one attached hydrogen (secondary N) is 1. The molecule has 0 bridgehead atoms. The van der Waals surface area contributed by atoms with Gasteiger partial charge < -0.3 is 10.1 Å². The molecule has 0 saturated carbocycles. The number of ether oxygens (including phenoxy) is 1. The van der Waals surface area contributed by atoms with Gasteiger partial charge >= 0.3 is 0 Å². The van der Waals surface area contributed by atoms with E-state index in [1.807, 2.05) is 13.0 Å². The Hall–Kier alpha value is -3.32. The number of amides is 1. The van der Waals surface area contributed by atoms with E-state index in [0.717, 1.165) is 24.0 Å². The molecule has 7 heteroatoms. The molecule has 1 amide bonds. The van der Waals surface area contributed by atoms with Crippen LogP contribution in [0.5, 0.6) is 5.75 Å². The van der Waals surface area contributed by atoms with Crippen LogP contribution in [0.25, 0.3) is 0 Å². The number of fused-ring (bicyclic) bond motifs is 1. The summed E-state index contributed by atoms with van der Waals surface area (Å²) in [5.74, 6) is 0.0298. The summed E-state index contributed by atoms with van der Waals surface area (Å²) in [6.45, 7) is 6.33. The van der Waals surface area contributed by atoms with Crippen molar-refractivity contribution in [2.75, 3.05) is 10.8 Å². The predicted octanol–water partition coefficient (Wildman–Crippen LogP) is 4.39. The Morgan fingerprint density at radius 2 is 1.76 bits per heavy atom. The number of anilines is 1. The third-order valence-electron chi connectivity index (χ3n) is 6.12. The molecule has 4 rings (SSSR count). The number of sulfonamides is 1. The van der Waals surface area contributed by atoms with Crippen LogP contribution in [0.2, 0.25) is 0 Å². The van der Waals surface area contributed by atoms with Crippen LogP contribution in [0.15, 0.2) is 71.6 Å². The van der Waals surface area contributed by atoms with Gasteiger partial charge in [-0.3, -0.25) is 9.10 Å². The molecule has 1 N–H and O–H groups in total. The van der Waals surface area contributed by atoms with Crippen molar-refractivity contribution in [3.63, 3.8) is 0 Å². The zero-order valence-electron chi connectivity index (χ0n) is 19.7. The molecule has 1 heterocycles. The first kappa shape index (κ1) is 23.8. The normalized spacial score (nSPS) is 15.4. The molecule has 0 aromatic heterocycles. The first-order valence-corrected chi connectivity index (χ1v) is 13.0. The van der Waals surface area contributed by atoms with Crippen molar-refractivity contribution in [2.45, 2.75) is 51.2 Å². The Balaban J connectivity index is 1.60. The van der Waals surface area contributed by atoms with Gasteiger partial charge in [-0.05, 0) is 66.3 Å². The van der Waals surface area contributed by atoms with Crippen LogP contribution in [0.4, 0.5) is 5.69 Å². The first-order valence-electron chi connectivity index (χ1n) is 11.6. The SMILES string of the molecule is CCc1ccc(CC)c(CNC(=O)C2CN(S(=O)(=O)c3ccccc3)c3cc(C)ccc3O2)c1. The third-order valence-corrected chi connectivity index (χ3v) is 7.91. The fourth-order valence-corrected chi connectivity index (χ4v) is 5.64. The molecule has 3 aromatic carbocycles. The number of hydrogen-bond donors (Lipinski definition) is 1. The highest BCUT2D eigenvalue weighted by molar-refractivity contribution is 7.92. The van der Waals surface area contributed by atoms with Crippen LogP contribution in [0, 0.1) is 6.92 Å². The Kier molecular flexibility index (Phi) is 6.93. The van der Waals surface area contributed by atoms with Gasteiger partial charge in [-0.25, -0.2) is 8.42 Å². The molecule has 0 fully saturated rings. The maximum atomic E-state index is 13.5. The quantitative estimate of drug-likeness (QED) is 0.546. The Morgan fingerprint density at radius 1 is 1.00 bits per heavy atom. The van der Waals surface area contributed by atoms with Crippen LogP contribution in [0.3, 0.4) is 0 Å². The number of carbonyl (C=O) groups excluding carboxylic acids is 1. The van der Waals surface area contributed by atoms with E-state index in [9.17, 15) is 13.2 Å². The highest BCUT2D eigenvalue weighted by Gasteiger charge is 2.37. The van der Waals surface area contributed by atoms with Crippen LogP contribution in [-0.4, -0.2) is 27.0 Å². The number of rotatable bonds is 7. The van der Waals surface area contributed by atoms with E-state index < -0.39 is 16.1 Å². The zero-order valence-corrected chi connectivity index (χ0v) is 20.6. The standard InChI is InChI=1S/C27H30N2O4S/c1-4-20-12-13-21(5-2)22(16-20)17-28-27(30)26-18-29(24-15-19(3)11-14-25(24)33-26)34(31,32)23-9-7-6-8-10-23/h6-16,26H,4-5,17-18H2,1-3H3,(H,28,30). The highest BCUT2D eigenvalue weighted by atomic mass is 32.2. The molecule has 6 nitrogen and oxygen atoms in total. The number of benzene rings is 3. The van der Waals surface area contributed by atoms with Crippen LogP contribution in [-0.2, 0) is 34.2 Å². The topological polar surface area (TPSA) is 75.7 Å². The van der Waals surface area contributed by atoms with Gasteiger partial charge in [0.1, 0.15) is 5.75 Å². The van der Waals surface area contributed by atoms with Crippen molar-refractivity contribution in [3.8, 4) is 5.75 Å². The molecule has 1 aliphatic rings. The van der Waals surface area contributed by atoms with E-state index in [-0.39, 0.29) is 17.3 Å². The van der Waals surface area contributed by atoms with E-state index in [2.05, 4.69) is 37.4 Å². The molecular weight excluding hydrogens is 448 g/mol. The lowest BCUT2D eigenvalue weighted by atomic mass is 10.0. The highest BCUT2D eigenvalue weighted by Crippen LogP contribution is 2.37. The van der Waals surface area contributed by atoms with Crippen molar-refractivity contribution in [2.24, 2.45) is 0 Å². The maximum Gasteiger partial charge on any atom is 0.264 e. The second-order valence-electron chi connectivity index (χ2n) is 8.45. The second kappa shape index (κ2) is 9.89. The zero-order chi connectivity index (χ0) is 24.3. The molecule has 1 aliphatic heterocycles. The summed E-state index contributed by atoms with van der Waals surface area (Å²) in [5.41, 5.74) is 4.80. The molecule has 0 spiro atoms. The van der Waals surface area contributed by atoms with Gasteiger partial charge in [0.25, 0.3) is 15.9 Å². The number of hydrogen-bond acceptors (Lipinski definition) is 4. The lowest BCUT2D eigenvalue weighted by Crippen LogP contribution is -2.50. The minimum Gasteiger partial charge on any atom is -0.476 e. The molecule has 0 aliphatic carbocycles. The second-order valence-corrected chi connectivity index (χ2v) is 10.3. The van der Waals surface area contributed by atoms with Gasteiger partial charge in [0, 0.05) is 6.54 Å². The smallest absolute Gasteiger partial charge is 0.264 e. The average Bonchev–Trinajstić information content (AvgIpc) is 2.86. The molecular formula is C27H30N2O4S. The lowest BCUT2D eigenvalue weighted by Gasteiger charge is -2.35. The fraction of sp³-hybridized carbons (Fsp3) is 0.296. The van der Waals surface area contributed by atoms with Crippen LogP contribution in [0.1, 0.15) is 36.1 Å². The maximum absolute atomic E-state index is 13.5. The van der Waals surface area contributed by atoms with Gasteiger partial charge in [-0.15, -0.1) is 0 Å². The summed E-state index contributed by atoms with van der Waals surface area (Å²) >= 11 is 0. The van der Waals surface area contributed by atoms with Gasteiger partial charge in [0.2, 0.25) is 0 Å². The first-order chi connectivity index (χ1) is 16.3. The van der Waals surface area contributed by atoms with Crippen molar-refractivity contribution in [3.05, 3.63) is 89.0 Å². The number of carbonyl (C=O) groups is 1.